The van der Waals surface area contributed by atoms with E-state index in [9.17, 15) is 0 Å². The first-order valence-electron chi connectivity index (χ1n) is 13.0. The minimum atomic E-state index is 0.865. The maximum Gasteiger partial charge on any atom is -0.0394 e. The van der Waals surface area contributed by atoms with E-state index in [2.05, 4.69) is 41.5 Å². The summed E-state index contributed by atoms with van der Waals surface area (Å²) in [5.41, 5.74) is 0. The van der Waals surface area contributed by atoms with E-state index in [1.807, 2.05) is 0 Å². The lowest BCUT2D eigenvalue weighted by Gasteiger charge is -2.29. The molecule has 1 rings (SSSR count). The summed E-state index contributed by atoms with van der Waals surface area (Å²) in [5, 5.41) is 0. The highest BCUT2D eigenvalue weighted by Crippen LogP contribution is 2.35. The predicted octanol–water partition coefficient (Wildman–Crippen LogP) is 9.67. The average Bonchev–Trinajstić information content (AvgIpc) is 2.63. The number of rotatable bonds is 13. The summed E-state index contributed by atoms with van der Waals surface area (Å²) in [6, 6.07) is 0. The van der Waals surface area contributed by atoms with Crippen molar-refractivity contribution in [3.63, 3.8) is 0 Å². The summed E-state index contributed by atoms with van der Waals surface area (Å²) in [5.74, 6) is 5.82. The van der Waals surface area contributed by atoms with Crippen molar-refractivity contribution >= 4 is 0 Å². The Labute approximate surface area is 173 Å². The molecule has 0 radical (unpaired) electrons. The fourth-order valence-corrected chi connectivity index (χ4v) is 5.81. The molecule has 0 saturated heterocycles. The summed E-state index contributed by atoms with van der Waals surface area (Å²) in [7, 11) is 0. The van der Waals surface area contributed by atoms with Crippen LogP contribution in [0.1, 0.15) is 138 Å². The summed E-state index contributed by atoms with van der Waals surface area (Å²) in [6.07, 6.45) is 22.1. The molecule has 1 fully saturated rings. The highest BCUT2D eigenvalue weighted by molar-refractivity contribution is 4.74. The standard InChI is InChI=1S/C27H54/c1-7-13-25(16-12-17-27(9-3)22(4)5)20-24(8-2)21-26-15-11-10-14-23(6)18-19-26/h22-27H,7-21H2,1-6H3. The summed E-state index contributed by atoms with van der Waals surface area (Å²) < 4.78 is 0. The van der Waals surface area contributed by atoms with Gasteiger partial charge in [0.1, 0.15) is 0 Å². The van der Waals surface area contributed by atoms with Crippen LogP contribution in [0.3, 0.4) is 0 Å². The van der Waals surface area contributed by atoms with Gasteiger partial charge in [0.2, 0.25) is 0 Å². The Morgan fingerprint density at radius 2 is 1.52 bits per heavy atom. The molecule has 0 aromatic carbocycles. The lowest BCUT2D eigenvalue weighted by molar-refractivity contribution is 0.232. The first-order chi connectivity index (χ1) is 13.0. The van der Waals surface area contributed by atoms with Crippen molar-refractivity contribution in [3.05, 3.63) is 0 Å². The third kappa shape index (κ3) is 10.9. The molecule has 5 atom stereocenters. The van der Waals surface area contributed by atoms with Gasteiger partial charge < -0.3 is 0 Å². The molecule has 1 saturated carbocycles. The molecular formula is C27H54. The second-order valence-corrected chi connectivity index (χ2v) is 10.6. The van der Waals surface area contributed by atoms with E-state index in [0.29, 0.717) is 0 Å². The topological polar surface area (TPSA) is 0 Å². The Kier molecular flexibility index (Phi) is 13.8. The zero-order chi connectivity index (χ0) is 20.1. The van der Waals surface area contributed by atoms with Crippen molar-refractivity contribution in [2.45, 2.75) is 138 Å². The van der Waals surface area contributed by atoms with Crippen LogP contribution < -0.4 is 0 Å². The maximum atomic E-state index is 2.48. The number of hydrogen-bond donors (Lipinski definition) is 0. The van der Waals surface area contributed by atoms with Crippen LogP contribution in [0.4, 0.5) is 0 Å². The van der Waals surface area contributed by atoms with Gasteiger partial charge in [-0.15, -0.1) is 0 Å². The van der Waals surface area contributed by atoms with Crippen LogP contribution in [-0.2, 0) is 0 Å². The van der Waals surface area contributed by atoms with E-state index < -0.39 is 0 Å². The highest BCUT2D eigenvalue weighted by Gasteiger charge is 2.21. The summed E-state index contributed by atoms with van der Waals surface area (Å²) in [6.45, 7) is 14.6. The van der Waals surface area contributed by atoms with E-state index in [4.69, 9.17) is 0 Å². The van der Waals surface area contributed by atoms with E-state index in [1.165, 1.54) is 96.3 Å². The molecule has 0 bridgehead atoms. The molecule has 0 aromatic heterocycles. The van der Waals surface area contributed by atoms with Crippen LogP contribution >= 0.6 is 0 Å². The highest BCUT2D eigenvalue weighted by atomic mass is 14.3. The van der Waals surface area contributed by atoms with Crippen LogP contribution in [0.15, 0.2) is 0 Å². The Bertz CT molecular complexity index is 331. The maximum absolute atomic E-state index is 2.48. The Hall–Kier alpha value is 0. The molecule has 0 nitrogen and oxygen atoms in total. The van der Waals surface area contributed by atoms with Crippen LogP contribution in [0.2, 0.25) is 0 Å². The Morgan fingerprint density at radius 3 is 2.15 bits per heavy atom. The van der Waals surface area contributed by atoms with Gasteiger partial charge in [0, 0.05) is 0 Å². The van der Waals surface area contributed by atoms with Gasteiger partial charge in [0.15, 0.2) is 0 Å². The van der Waals surface area contributed by atoms with Gasteiger partial charge in [-0.2, -0.15) is 0 Å². The van der Waals surface area contributed by atoms with Gasteiger partial charge in [-0.3, -0.25) is 0 Å². The minimum Gasteiger partial charge on any atom is -0.0654 e. The molecule has 0 heteroatoms. The molecule has 0 spiro atoms. The average molecular weight is 379 g/mol. The van der Waals surface area contributed by atoms with Gasteiger partial charge in [-0.1, -0.05) is 125 Å². The molecule has 1 aliphatic carbocycles. The molecule has 0 amide bonds. The van der Waals surface area contributed by atoms with Gasteiger partial charge >= 0.3 is 0 Å². The molecule has 1 aliphatic rings. The first-order valence-corrected chi connectivity index (χ1v) is 13.0. The molecule has 0 heterocycles. The molecular weight excluding hydrogens is 324 g/mol. The Balaban J connectivity index is 2.46. The minimum absolute atomic E-state index is 0.865. The van der Waals surface area contributed by atoms with E-state index in [1.54, 1.807) is 0 Å². The zero-order valence-electron chi connectivity index (χ0n) is 20.1. The van der Waals surface area contributed by atoms with Crippen molar-refractivity contribution in [2.24, 2.45) is 35.5 Å². The third-order valence-electron chi connectivity index (χ3n) is 7.89. The Morgan fingerprint density at radius 1 is 0.778 bits per heavy atom. The molecule has 27 heavy (non-hydrogen) atoms. The summed E-state index contributed by atoms with van der Waals surface area (Å²) >= 11 is 0. The van der Waals surface area contributed by atoms with Crippen molar-refractivity contribution in [3.8, 4) is 0 Å². The van der Waals surface area contributed by atoms with Gasteiger partial charge in [-0.25, -0.2) is 0 Å². The lowest BCUT2D eigenvalue weighted by Crippen LogP contribution is -2.16. The van der Waals surface area contributed by atoms with Crippen molar-refractivity contribution < 1.29 is 0 Å². The van der Waals surface area contributed by atoms with E-state index >= 15 is 0 Å². The van der Waals surface area contributed by atoms with Crippen molar-refractivity contribution in [2.75, 3.05) is 0 Å². The molecule has 5 unspecified atom stereocenters. The first kappa shape index (κ1) is 25.0. The smallest absolute Gasteiger partial charge is 0.0394 e. The second-order valence-electron chi connectivity index (χ2n) is 10.6. The predicted molar refractivity (Wildman–Crippen MR) is 124 cm³/mol. The van der Waals surface area contributed by atoms with Gasteiger partial charge in [0.25, 0.3) is 0 Å². The molecule has 0 N–H and O–H groups in total. The second kappa shape index (κ2) is 14.9. The van der Waals surface area contributed by atoms with Crippen LogP contribution in [0.5, 0.6) is 0 Å². The fraction of sp³-hybridized carbons (Fsp3) is 1.00. The largest absolute Gasteiger partial charge is 0.0654 e. The SMILES string of the molecule is CCCC(CCCC(CC)C(C)C)CC(CC)CC1CCCCC(C)CC1. The zero-order valence-corrected chi connectivity index (χ0v) is 20.1. The quantitative estimate of drug-likeness (QED) is 0.299. The molecule has 162 valence electrons. The fourth-order valence-electron chi connectivity index (χ4n) is 5.81. The number of hydrogen-bond acceptors (Lipinski definition) is 0. The van der Waals surface area contributed by atoms with Crippen LogP contribution in [-0.4, -0.2) is 0 Å². The van der Waals surface area contributed by atoms with Crippen LogP contribution in [0, 0.1) is 35.5 Å². The monoisotopic (exact) mass is 378 g/mol. The molecule has 0 aliphatic heterocycles. The normalized spacial score (nSPS) is 25.0. The van der Waals surface area contributed by atoms with E-state index in [-0.39, 0.29) is 0 Å². The van der Waals surface area contributed by atoms with Crippen LogP contribution in [0.25, 0.3) is 0 Å². The summed E-state index contributed by atoms with van der Waals surface area (Å²) in [4.78, 5) is 0. The lowest BCUT2D eigenvalue weighted by atomic mass is 9.77. The van der Waals surface area contributed by atoms with Gasteiger partial charge in [-0.05, 0) is 48.3 Å². The van der Waals surface area contributed by atoms with Crippen molar-refractivity contribution in [1.29, 1.82) is 0 Å². The van der Waals surface area contributed by atoms with Gasteiger partial charge in [0.05, 0.1) is 0 Å². The molecule has 0 aromatic rings. The van der Waals surface area contributed by atoms with E-state index in [0.717, 1.165) is 35.5 Å². The van der Waals surface area contributed by atoms with Crippen molar-refractivity contribution in [1.82, 2.24) is 0 Å². The third-order valence-corrected chi connectivity index (χ3v) is 7.89.